The lowest BCUT2D eigenvalue weighted by Gasteiger charge is -2.18. The summed E-state index contributed by atoms with van der Waals surface area (Å²) < 4.78 is 16.8. The number of hydrogen-bond donors (Lipinski definition) is 0. The molecule has 0 fully saturated rings. The van der Waals surface area contributed by atoms with E-state index < -0.39 is 6.10 Å². The predicted octanol–water partition coefficient (Wildman–Crippen LogP) is 19.7. The van der Waals surface area contributed by atoms with Crippen molar-refractivity contribution < 1.29 is 28.6 Å². The molecule has 66 heavy (non-hydrogen) atoms. The lowest BCUT2D eigenvalue weighted by Crippen LogP contribution is -2.30. The van der Waals surface area contributed by atoms with Gasteiger partial charge in [-0.05, 0) is 44.9 Å². The second-order valence-corrected chi connectivity index (χ2v) is 20.3. The Morgan fingerprint density at radius 3 is 0.758 bits per heavy atom. The third kappa shape index (κ3) is 53.1. The summed E-state index contributed by atoms with van der Waals surface area (Å²) in [5.41, 5.74) is 0. The highest BCUT2D eigenvalue weighted by Crippen LogP contribution is 2.17. The van der Waals surface area contributed by atoms with E-state index in [1.54, 1.807) is 0 Å². The van der Waals surface area contributed by atoms with Gasteiger partial charge < -0.3 is 14.2 Å². The number of rotatable bonds is 55. The molecule has 0 aromatic heterocycles. The Hall–Kier alpha value is -1.85. The highest BCUT2D eigenvalue weighted by atomic mass is 16.6. The maximum Gasteiger partial charge on any atom is 0.306 e. The fourth-order valence-corrected chi connectivity index (χ4v) is 9.03. The van der Waals surface area contributed by atoms with Crippen LogP contribution in [0.2, 0.25) is 0 Å². The molecule has 0 N–H and O–H groups in total. The first-order valence-electron chi connectivity index (χ1n) is 29.7. The van der Waals surface area contributed by atoms with Gasteiger partial charge in [0.15, 0.2) is 6.10 Å². The third-order valence-corrected chi connectivity index (χ3v) is 13.5. The van der Waals surface area contributed by atoms with E-state index in [1.807, 2.05) is 0 Å². The average Bonchev–Trinajstić information content (AvgIpc) is 3.31. The molecule has 0 bridgehead atoms. The second-order valence-electron chi connectivity index (χ2n) is 20.3. The van der Waals surface area contributed by atoms with Gasteiger partial charge in [0.1, 0.15) is 13.2 Å². The highest BCUT2D eigenvalue weighted by Gasteiger charge is 2.19. The molecule has 6 heteroatoms. The van der Waals surface area contributed by atoms with Crippen LogP contribution in [0.15, 0.2) is 12.2 Å². The molecule has 0 spiro atoms. The normalized spacial score (nSPS) is 12.0. The predicted molar refractivity (Wildman–Crippen MR) is 284 cm³/mol. The van der Waals surface area contributed by atoms with Gasteiger partial charge in [0, 0.05) is 19.3 Å². The number of carbonyl (C=O) groups is 3. The Balaban J connectivity index is 4.14. The van der Waals surface area contributed by atoms with Gasteiger partial charge in [0.2, 0.25) is 0 Å². The maximum absolute atomic E-state index is 12.8. The van der Waals surface area contributed by atoms with Crippen molar-refractivity contribution in [2.45, 2.75) is 341 Å². The van der Waals surface area contributed by atoms with Gasteiger partial charge in [-0.2, -0.15) is 0 Å². The van der Waals surface area contributed by atoms with Crippen LogP contribution in [0.1, 0.15) is 335 Å². The summed E-state index contributed by atoms with van der Waals surface area (Å²) in [6.07, 6.45) is 63.7. The maximum atomic E-state index is 12.8. The number of unbranched alkanes of at least 4 members (excludes halogenated alkanes) is 42. The van der Waals surface area contributed by atoms with Crippen LogP contribution in [-0.2, 0) is 28.6 Å². The van der Waals surface area contributed by atoms with Crippen molar-refractivity contribution in [2.24, 2.45) is 0 Å². The van der Waals surface area contributed by atoms with Crippen molar-refractivity contribution in [3.05, 3.63) is 12.2 Å². The lowest BCUT2D eigenvalue weighted by molar-refractivity contribution is -0.167. The van der Waals surface area contributed by atoms with Crippen molar-refractivity contribution in [1.82, 2.24) is 0 Å². The van der Waals surface area contributed by atoms with E-state index in [-0.39, 0.29) is 31.1 Å². The summed E-state index contributed by atoms with van der Waals surface area (Å²) in [6, 6.07) is 0. The molecule has 1 unspecified atom stereocenters. The summed E-state index contributed by atoms with van der Waals surface area (Å²) in [4.78, 5) is 38.0. The Labute approximate surface area is 411 Å². The van der Waals surface area contributed by atoms with Crippen molar-refractivity contribution in [3.8, 4) is 0 Å². The van der Waals surface area contributed by atoms with Crippen molar-refractivity contribution >= 4 is 17.9 Å². The first kappa shape index (κ1) is 64.2. The van der Waals surface area contributed by atoms with Crippen LogP contribution in [0.5, 0.6) is 0 Å². The van der Waals surface area contributed by atoms with E-state index in [4.69, 9.17) is 14.2 Å². The van der Waals surface area contributed by atoms with E-state index in [0.29, 0.717) is 19.3 Å². The van der Waals surface area contributed by atoms with Crippen molar-refractivity contribution in [1.29, 1.82) is 0 Å². The summed E-state index contributed by atoms with van der Waals surface area (Å²) in [5.74, 6) is -0.853. The summed E-state index contributed by atoms with van der Waals surface area (Å²) >= 11 is 0. The van der Waals surface area contributed by atoms with E-state index in [2.05, 4.69) is 32.9 Å². The minimum absolute atomic E-state index is 0.0663. The number of allylic oxidation sites excluding steroid dienone is 2. The van der Waals surface area contributed by atoms with E-state index in [9.17, 15) is 14.4 Å². The molecule has 0 aromatic carbocycles. The SMILES string of the molecule is CCCCCCCC/C=C\CCCCCCCCCC(=O)OC(COC(=O)CCCCCCCCCC)COC(=O)CCCCCCCCCCCCCCCCCCCCCCCCC. The van der Waals surface area contributed by atoms with Gasteiger partial charge in [-0.25, -0.2) is 0 Å². The largest absolute Gasteiger partial charge is 0.462 e. The van der Waals surface area contributed by atoms with Crippen molar-refractivity contribution in [2.75, 3.05) is 13.2 Å². The Kier molecular flexibility index (Phi) is 54.2. The Bertz CT molecular complexity index is 1020. The quantitative estimate of drug-likeness (QED) is 0.0262. The summed E-state index contributed by atoms with van der Waals surface area (Å²) in [7, 11) is 0. The fourth-order valence-electron chi connectivity index (χ4n) is 9.03. The number of ether oxygens (including phenoxy) is 3. The molecule has 0 saturated heterocycles. The van der Waals surface area contributed by atoms with Gasteiger partial charge in [-0.3, -0.25) is 14.4 Å². The molecular weight excluding hydrogens is 817 g/mol. The molecule has 390 valence electrons. The zero-order valence-corrected chi connectivity index (χ0v) is 44.7. The van der Waals surface area contributed by atoms with Gasteiger partial charge in [0.25, 0.3) is 0 Å². The number of carbonyl (C=O) groups excluding carboxylic acids is 3. The summed E-state index contributed by atoms with van der Waals surface area (Å²) in [5, 5.41) is 0. The molecule has 0 aliphatic rings. The van der Waals surface area contributed by atoms with Crippen LogP contribution in [-0.4, -0.2) is 37.2 Å². The monoisotopic (exact) mass is 931 g/mol. The molecule has 0 radical (unpaired) electrons. The molecule has 0 aliphatic heterocycles. The van der Waals surface area contributed by atoms with Gasteiger partial charge in [0.05, 0.1) is 0 Å². The Morgan fingerprint density at radius 2 is 0.500 bits per heavy atom. The highest BCUT2D eigenvalue weighted by molar-refractivity contribution is 5.71. The molecule has 0 rings (SSSR count). The van der Waals surface area contributed by atoms with Crippen LogP contribution >= 0.6 is 0 Å². The molecular formula is C60H114O6. The zero-order valence-electron chi connectivity index (χ0n) is 44.7. The zero-order chi connectivity index (χ0) is 47.9. The first-order valence-corrected chi connectivity index (χ1v) is 29.7. The second kappa shape index (κ2) is 55.7. The average molecular weight is 932 g/mol. The molecule has 1 atom stereocenters. The number of esters is 3. The van der Waals surface area contributed by atoms with E-state index in [0.717, 1.165) is 57.8 Å². The number of hydrogen-bond acceptors (Lipinski definition) is 6. The standard InChI is InChI=1S/C60H114O6/c1-4-7-10-13-16-19-21-23-25-27-28-29-30-31-32-34-35-37-39-41-44-47-50-53-59(62)65-56-57(55-64-58(61)52-49-46-43-18-15-12-9-6-3)66-60(63)54-51-48-45-42-40-38-36-33-26-24-22-20-17-14-11-8-5-2/h24,26,57H,4-23,25,27-56H2,1-3H3/b26-24-. The van der Waals surface area contributed by atoms with E-state index in [1.165, 1.54) is 238 Å². The summed E-state index contributed by atoms with van der Waals surface area (Å²) in [6.45, 7) is 6.66. The van der Waals surface area contributed by atoms with Gasteiger partial charge in [-0.1, -0.05) is 283 Å². The smallest absolute Gasteiger partial charge is 0.306 e. The van der Waals surface area contributed by atoms with E-state index >= 15 is 0 Å². The van der Waals surface area contributed by atoms with Crippen molar-refractivity contribution in [3.63, 3.8) is 0 Å². The molecule has 0 aliphatic carbocycles. The van der Waals surface area contributed by atoms with Gasteiger partial charge in [-0.15, -0.1) is 0 Å². The first-order chi connectivity index (χ1) is 32.5. The molecule has 0 amide bonds. The van der Waals surface area contributed by atoms with Crippen LogP contribution < -0.4 is 0 Å². The Morgan fingerprint density at radius 1 is 0.288 bits per heavy atom. The van der Waals surface area contributed by atoms with Crippen LogP contribution in [0, 0.1) is 0 Å². The van der Waals surface area contributed by atoms with Crippen LogP contribution in [0.25, 0.3) is 0 Å². The molecule has 0 heterocycles. The molecule has 0 aromatic rings. The lowest BCUT2D eigenvalue weighted by atomic mass is 10.0. The minimum Gasteiger partial charge on any atom is -0.462 e. The van der Waals surface area contributed by atoms with Crippen LogP contribution in [0.3, 0.4) is 0 Å². The fraction of sp³-hybridized carbons (Fsp3) is 0.917. The molecule has 6 nitrogen and oxygen atoms in total. The van der Waals surface area contributed by atoms with Crippen LogP contribution in [0.4, 0.5) is 0 Å². The van der Waals surface area contributed by atoms with Gasteiger partial charge >= 0.3 is 17.9 Å². The minimum atomic E-state index is -0.766. The topological polar surface area (TPSA) is 78.9 Å². The molecule has 0 saturated carbocycles. The third-order valence-electron chi connectivity index (χ3n) is 13.5.